The third kappa shape index (κ3) is 4.80. The maximum absolute atomic E-state index is 12.8. The fourth-order valence-electron chi connectivity index (χ4n) is 3.06. The highest BCUT2D eigenvalue weighted by Crippen LogP contribution is 2.35. The van der Waals surface area contributed by atoms with Crippen molar-refractivity contribution in [2.75, 3.05) is 6.54 Å². The van der Waals surface area contributed by atoms with Crippen molar-refractivity contribution in [3.8, 4) is 0 Å². The Morgan fingerprint density at radius 2 is 1.97 bits per heavy atom. The van der Waals surface area contributed by atoms with E-state index in [0.717, 1.165) is 22.2 Å². The van der Waals surface area contributed by atoms with E-state index in [9.17, 15) is 19.2 Å². The number of imide groups is 1. The summed E-state index contributed by atoms with van der Waals surface area (Å²) in [7, 11) is 0. The van der Waals surface area contributed by atoms with Gasteiger partial charge in [-0.05, 0) is 18.1 Å². The summed E-state index contributed by atoms with van der Waals surface area (Å²) in [5, 5.41) is 8.71. The van der Waals surface area contributed by atoms with Crippen LogP contribution in [0.2, 0.25) is 0 Å². The summed E-state index contributed by atoms with van der Waals surface area (Å²) in [4.78, 5) is 50.8. The number of carbonyl (C=O) groups is 4. The Bertz CT molecular complexity index is 926. The van der Waals surface area contributed by atoms with E-state index in [2.05, 4.69) is 0 Å². The first-order valence-corrected chi connectivity index (χ1v) is 10.2. The molecule has 0 unspecified atom stereocenters. The molecule has 0 radical (unpaired) electrons. The molecular formula is C20H18N2O5S2. The van der Waals surface area contributed by atoms with Crippen molar-refractivity contribution < 1.29 is 24.3 Å². The van der Waals surface area contributed by atoms with Gasteiger partial charge in [0.2, 0.25) is 5.91 Å². The molecule has 9 heteroatoms. The summed E-state index contributed by atoms with van der Waals surface area (Å²) in [6.45, 7) is 0.0188. The molecule has 2 saturated heterocycles. The molecule has 2 fully saturated rings. The van der Waals surface area contributed by atoms with Gasteiger partial charge >= 0.3 is 5.97 Å². The van der Waals surface area contributed by atoms with E-state index in [4.69, 9.17) is 17.3 Å². The van der Waals surface area contributed by atoms with Gasteiger partial charge in [-0.15, -0.1) is 0 Å². The molecule has 0 bridgehead atoms. The molecule has 3 amide bonds. The minimum absolute atomic E-state index is 0.0188. The van der Waals surface area contributed by atoms with Gasteiger partial charge in [-0.2, -0.15) is 0 Å². The number of carboxylic acids is 1. The van der Waals surface area contributed by atoms with E-state index in [1.165, 1.54) is 4.90 Å². The number of carboxylic acid groups (broad SMARTS) is 1. The highest BCUT2D eigenvalue weighted by atomic mass is 32.2. The Labute approximate surface area is 177 Å². The third-order valence-electron chi connectivity index (χ3n) is 4.46. The molecular weight excluding hydrogens is 412 g/mol. The number of benzene rings is 1. The maximum atomic E-state index is 12.8. The average Bonchev–Trinajstić information content (AvgIpc) is 3.11. The van der Waals surface area contributed by atoms with E-state index in [1.807, 2.05) is 36.4 Å². The first kappa shape index (κ1) is 20.9. The zero-order valence-electron chi connectivity index (χ0n) is 15.3. The number of hydrogen-bond donors (Lipinski definition) is 1. The number of amides is 3. The summed E-state index contributed by atoms with van der Waals surface area (Å²) in [6, 6.07) is 8.61. The van der Waals surface area contributed by atoms with Crippen molar-refractivity contribution in [1.82, 2.24) is 9.80 Å². The normalized spacial score (nSPS) is 21.2. The van der Waals surface area contributed by atoms with Crippen molar-refractivity contribution in [1.29, 1.82) is 0 Å². The number of allylic oxidation sites excluding steroid dienone is 2. The zero-order chi connectivity index (χ0) is 21.0. The molecule has 7 nitrogen and oxygen atoms in total. The monoisotopic (exact) mass is 430 g/mol. The summed E-state index contributed by atoms with van der Waals surface area (Å²) in [5.74, 6) is -2.34. The number of aliphatic carboxylic acids is 1. The van der Waals surface area contributed by atoms with Gasteiger partial charge in [-0.3, -0.25) is 29.0 Å². The van der Waals surface area contributed by atoms with E-state index >= 15 is 0 Å². The molecule has 2 aliphatic heterocycles. The van der Waals surface area contributed by atoms with Crippen molar-refractivity contribution in [2.45, 2.75) is 25.3 Å². The molecule has 29 heavy (non-hydrogen) atoms. The molecule has 150 valence electrons. The molecule has 1 aromatic carbocycles. The van der Waals surface area contributed by atoms with Crippen LogP contribution in [0.15, 0.2) is 47.4 Å². The highest BCUT2D eigenvalue weighted by molar-refractivity contribution is 8.26. The minimum atomic E-state index is -0.994. The lowest BCUT2D eigenvalue weighted by atomic mass is 10.2. The fourth-order valence-corrected chi connectivity index (χ4v) is 4.37. The van der Waals surface area contributed by atoms with Gasteiger partial charge in [0, 0.05) is 13.0 Å². The van der Waals surface area contributed by atoms with E-state index in [1.54, 1.807) is 12.2 Å². The van der Waals surface area contributed by atoms with Gasteiger partial charge in [0.15, 0.2) is 0 Å². The number of likely N-dealkylation sites (tertiary alicyclic amines) is 1. The lowest BCUT2D eigenvalue weighted by Crippen LogP contribution is -2.44. The highest BCUT2D eigenvalue weighted by Gasteiger charge is 2.48. The van der Waals surface area contributed by atoms with Crippen molar-refractivity contribution in [3.05, 3.63) is 53.0 Å². The predicted molar refractivity (Wildman–Crippen MR) is 113 cm³/mol. The molecule has 0 saturated carbocycles. The molecule has 1 aromatic rings. The van der Waals surface area contributed by atoms with Crippen molar-refractivity contribution in [2.24, 2.45) is 0 Å². The van der Waals surface area contributed by atoms with Crippen LogP contribution in [0.1, 0.15) is 24.8 Å². The topological polar surface area (TPSA) is 95.0 Å². The first-order chi connectivity index (χ1) is 13.9. The Morgan fingerprint density at radius 1 is 1.24 bits per heavy atom. The second-order valence-corrected chi connectivity index (χ2v) is 8.12. The summed E-state index contributed by atoms with van der Waals surface area (Å²) in [6.07, 6.45) is 5.10. The SMILES string of the molecule is O=C(O)CCCN1C(=O)C[C@@H](N2C(=O)/C(=C/C=C/c3ccccc3)SC2=S)C1=O. The fraction of sp³-hybridized carbons (Fsp3) is 0.250. The maximum Gasteiger partial charge on any atom is 0.303 e. The summed E-state index contributed by atoms with van der Waals surface area (Å²) in [5.41, 5.74) is 0.979. The molecule has 2 aliphatic rings. The number of thiocarbonyl (C=S) groups is 1. The number of carbonyl (C=O) groups excluding carboxylic acids is 3. The Balaban J connectivity index is 1.68. The van der Waals surface area contributed by atoms with Crippen LogP contribution in [0.25, 0.3) is 6.08 Å². The lowest BCUT2D eigenvalue weighted by molar-refractivity contribution is -0.142. The summed E-state index contributed by atoms with van der Waals surface area (Å²) >= 11 is 6.36. The van der Waals surface area contributed by atoms with Crippen molar-refractivity contribution >= 4 is 58.1 Å². The lowest BCUT2D eigenvalue weighted by Gasteiger charge is -2.21. The predicted octanol–water partition coefficient (Wildman–Crippen LogP) is 2.44. The number of rotatable bonds is 7. The third-order valence-corrected chi connectivity index (χ3v) is 5.81. The molecule has 3 rings (SSSR count). The second-order valence-electron chi connectivity index (χ2n) is 6.44. The number of thioether (sulfide) groups is 1. The Hall–Kier alpha value is -2.78. The quantitative estimate of drug-likeness (QED) is 0.403. The molecule has 0 aliphatic carbocycles. The van der Waals surface area contributed by atoms with Crippen LogP contribution < -0.4 is 0 Å². The van der Waals surface area contributed by atoms with Crippen LogP contribution in [0, 0.1) is 0 Å². The first-order valence-electron chi connectivity index (χ1n) is 8.93. The van der Waals surface area contributed by atoms with Gasteiger partial charge in [0.1, 0.15) is 10.4 Å². The molecule has 1 atom stereocenters. The Kier molecular flexibility index (Phi) is 6.60. The Morgan fingerprint density at radius 3 is 2.66 bits per heavy atom. The van der Waals surface area contributed by atoms with Crippen LogP contribution in [0.3, 0.4) is 0 Å². The van der Waals surface area contributed by atoms with Crippen LogP contribution in [-0.2, 0) is 19.2 Å². The van der Waals surface area contributed by atoms with Gasteiger partial charge in [0.05, 0.1) is 11.3 Å². The molecule has 0 spiro atoms. The average molecular weight is 431 g/mol. The van der Waals surface area contributed by atoms with Crippen LogP contribution >= 0.6 is 24.0 Å². The van der Waals surface area contributed by atoms with Crippen LogP contribution in [0.5, 0.6) is 0 Å². The number of nitrogens with zero attached hydrogens (tertiary/aromatic N) is 2. The van der Waals surface area contributed by atoms with E-state index in [0.29, 0.717) is 4.91 Å². The molecule has 1 N–H and O–H groups in total. The van der Waals surface area contributed by atoms with Crippen LogP contribution in [-0.4, -0.2) is 55.5 Å². The number of hydrogen-bond acceptors (Lipinski definition) is 6. The summed E-state index contributed by atoms with van der Waals surface area (Å²) < 4.78 is 0.230. The molecule has 0 aromatic heterocycles. The van der Waals surface area contributed by atoms with E-state index in [-0.39, 0.29) is 30.1 Å². The standard InChI is InChI=1S/C20H18N2O5S2/c23-16-12-14(18(26)21(16)11-5-10-17(24)25)22-19(27)15(29-20(22)28)9-4-8-13-6-2-1-3-7-13/h1-4,6-9,14H,5,10-12H2,(H,24,25)/b8-4+,15-9-/t14-/m1/s1. The largest absolute Gasteiger partial charge is 0.481 e. The second kappa shape index (κ2) is 9.15. The smallest absolute Gasteiger partial charge is 0.303 e. The minimum Gasteiger partial charge on any atom is -0.481 e. The van der Waals surface area contributed by atoms with Gasteiger partial charge in [-0.1, -0.05) is 66.5 Å². The van der Waals surface area contributed by atoms with Crippen LogP contribution in [0.4, 0.5) is 0 Å². The van der Waals surface area contributed by atoms with Gasteiger partial charge in [0.25, 0.3) is 11.8 Å². The zero-order valence-corrected chi connectivity index (χ0v) is 16.9. The van der Waals surface area contributed by atoms with E-state index < -0.39 is 29.7 Å². The molecule has 2 heterocycles. The van der Waals surface area contributed by atoms with Crippen molar-refractivity contribution in [3.63, 3.8) is 0 Å². The van der Waals surface area contributed by atoms with Gasteiger partial charge in [-0.25, -0.2) is 0 Å². The van der Waals surface area contributed by atoms with Gasteiger partial charge < -0.3 is 5.11 Å².